The second-order valence-corrected chi connectivity index (χ2v) is 15.3. The number of ketones is 2. The SMILES string of the molecule is C=C1CCC2=C3C(c4ccc(N(C)C)cc4)C[C@@]4(C)C(CC[C@]4(OC(C)=O)C(=O)CSC(C)=O)C3CCC2=C1C(=O)c1ccccc1. The summed E-state index contributed by atoms with van der Waals surface area (Å²) < 4.78 is 6.20. The Balaban J connectivity index is 1.53. The van der Waals surface area contributed by atoms with Crippen LogP contribution in [0.5, 0.6) is 0 Å². The monoisotopic (exact) mass is 651 g/mol. The molecule has 2 aromatic rings. The summed E-state index contributed by atoms with van der Waals surface area (Å²) >= 11 is 0.990. The first kappa shape index (κ1) is 33.2. The van der Waals surface area contributed by atoms with Crippen molar-refractivity contribution in [3.63, 3.8) is 0 Å². The van der Waals surface area contributed by atoms with E-state index in [-0.39, 0.29) is 40.2 Å². The summed E-state index contributed by atoms with van der Waals surface area (Å²) in [5, 5.41) is -0.128. The highest BCUT2D eigenvalue weighted by Crippen LogP contribution is 2.68. The van der Waals surface area contributed by atoms with Gasteiger partial charge in [0.15, 0.2) is 22.3 Å². The normalized spacial score (nSPS) is 28.3. The molecule has 0 aliphatic heterocycles. The summed E-state index contributed by atoms with van der Waals surface area (Å²) in [6, 6.07) is 18.2. The lowest BCUT2D eigenvalue weighted by atomic mass is 9.50. The van der Waals surface area contributed by atoms with Crippen LogP contribution in [-0.4, -0.2) is 48.1 Å². The van der Waals surface area contributed by atoms with Gasteiger partial charge < -0.3 is 9.64 Å². The molecule has 2 fully saturated rings. The molecule has 3 unspecified atom stereocenters. The molecule has 2 aromatic carbocycles. The van der Waals surface area contributed by atoms with Gasteiger partial charge in [-0.05, 0) is 91.2 Å². The second kappa shape index (κ2) is 12.7. The topological polar surface area (TPSA) is 80.8 Å². The Hall–Kier alpha value is -3.71. The molecule has 0 aromatic heterocycles. The zero-order chi connectivity index (χ0) is 33.7. The third-order valence-electron chi connectivity index (χ3n) is 11.4. The van der Waals surface area contributed by atoms with Crippen LogP contribution in [0.1, 0.15) is 87.6 Å². The number of hydrogen-bond donors (Lipinski definition) is 0. The number of anilines is 1. The van der Waals surface area contributed by atoms with Crippen LogP contribution < -0.4 is 4.90 Å². The first-order chi connectivity index (χ1) is 22.4. The van der Waals surface area contributed by atoms with Gasteiger partial charge >= 0.3 is 5.97 Å². The van der Waals surface area contributed by atoms with Crippen molar-refractivity contribution in [3.05, 3.63) is 100 Å². The van der Waals surface area contributed by atoms with Crippen molar-refractivity contribution in [1.82, 2.24) is 0 Å². The van der Waals surface area contributed by atoms with Crippen LogP contribution in [0.2, 0.25) is 0 Å². The van der Waals surface area contributed by atoms with Gasteiger partial charge in [0.1, 0.15) is 0 Å². The van der Waals surface area contributed by atoms with E-state index in [1.54, 1.807) is 0 Å². The predicted molar refractivity (Wildman–Crippen MR) is 188 cm³/mol. The standard InChI is InChI=1S/C40H45NO5S/c1-24-12-17-31-30(36(24)38(45)28-10-8-7-9-11-28)18-19-32-34-20-21-40(46-25(2)42,35(44)23-47-26(3)43)39(34,4)22-33(37(31)32)27-13-15-29(16-14-27)41(5)6/h7-11,13-16,32-34H,1,12,17-23H2,2-6H3/t32?,33?,34?,39-,40-/m0/s1. The maximum Gasteiger partial charge on any atom is 0.303 e. The fraction of sp³-hybridized carbons (Fsp3) is 0.450. The van der Waals surface area contributed by atoms with Gasteiger partial charge in [0.2, 0.25) is 0 Å². The summed E-state index contributed by atoms with van der Waals surface area (Å²) in [5.41, 5.74) is 6.52. The Morgan fingerprint density at radius 2 is 1.64 bits per heavy atom. The minimum atomic E-state index is -1.30. The molecular weight excluding hydrogens is 607 g/mol. The number of carbonyl (C=O) groups excluding carboxylic acids is 4. The van der Waals surface area contributed by atoms with Crippen molar-refractivity contribution < 1.29 is 23.9 Å². The summed E-state index contributed by atoms with van der Waals surface area (Å²) in [4.78, 5) is 55.0. The van der Waals surface area contributed by atoms with Crippen LogP contribution in [-0.2, 0) is 19.1 Å². The zero-order valence-electron chi connectivity index (χ0n) is 28.2. The number of carbonyl (C=O) groups is 4. The minimum Gasteiger partial charge on any atom is -0.451 e. The molecule has 246 valence electrons. The number of allylic oxidation sites excluding steroid dienone is 5. The molecule has 0 N–H and O–H groups in total. The quantitative estimate of drug-likeness (QED) is 0.211. The van der Waals surface area contributed by atoms with Gasteiger partial charge in [0.25, 0.3) is 0 Å². The van der Waals surface area contributed by atoms with E-state index in [0.29, 0.717) is 18.4 Å². The molecule has 0 radical (unpaired) electrons. The maximum atomic E-state index is 14.2. The molecule has 0 saturated heterocycles. The fourth-order valence-corrected chi connectivity index (χ4v) is 9.95. The Kier molecular flexibility index (Phi) is 8.98. The molecule has 7 heteroatoms. The minimum absolute atomic E-state index is 0.00824. The van der Waals surface area contributed by atoms with Gasteiger partial charge in [0.05, 0.1) is 5.75 Å². The van der Waals surface area contributed by atoms with Crippen molar-refractivity contribution in [2.75, 3.05) is 24.7 Å². The summed E-state index contributed by atoms with van der Waals surface area (Å²) in [6.07, 6.45) is 5.04. The van der Waals surface area contributed by atoms with Crippen LogP contribution in [0.25, 0.3) is 0 Å². The molecule has 6 nitrogen and oxygen atoms in total. The van der Waals surface area contributed by atoms with E-state index in [0.717, 1.165) is 66.3 Å². The highest BCUT2D eigenvalue weighted by molar-refractivity contribution is 8.14. The highest BCUT2D eigenvalue weighted by Gasteiger charge is 2.68. The molecule has 47 heavy (non-hydrogen) atoms. The van der Waals surface area contributed by atoms with Gasteiger partial charge in [-0.15, -0.1) is 0 Å². The lowest BCUT2D eigenvalue weighted by Gasteiger charge is -2.55. The van der Waals surface area contributed by atoms with E-state index in [1.807, 2.05) is 44.4 Å². The van der Waals surface area contributed by atoms with E-state index >= 15 is 0 Å². The molecule has 4 aliphatic rings. The van der Waals surface area contributed by atoms with Crippen LogP contribution in [0, 0.1) is 17.3 Å². The van der Waals surface area contributed by atoms with Gasteiger partial charge in [-0.2, -0.15) is 0 Å². The van der Waals surface area contributed by atoms with E-state index in [9.17, 15) is 19.2 Å². The van der Waals surface area contributed by atoms with E-state index in [2.05, 4.69) is 42.7 Å². The summed E-state index contributed by atoms with van der Waals surface area (Å²) in [5.74, 6) is -0.332. The van der Waals surface area contributed by atoms with Crippen LogP contribution >= 0.6 is 11.8 Å². The molecule has 0 heterocycles. The van der Waals surface area contributed by atoms with Gasteiger partial charge in [0, 0.05) is 56.1 Å². The fourth-order valence-electron chi connectivity index (χ4n) is 9.38. The molecule has 6 rings (SSSR count). The van der Waals surface area contributed by atoms with Crippen LogP contribution in [0.15, 0.2) is 89.0 Å². The number of benzene rings is 2. The average Bonchev–Trinajstić information content (AvgIpc) is 3.34. The largest absolute Gasteiger partial charge is 0.451 e. The Morgan fingerprint density at radius 3 is 2.28 bits per heavy atom. The van der Waals surface area contributed by atoms with Gasteiger partial charge in [-0.3, -0.25) is 19.2 Å². The van der Waals surface area contributed by atoms with E-state index in [1.165, 1.54) is 30.6 Å². The summed E-state index contributed by atoms with van der Waals surface area (Å²) in [7, 11) is 4.05. The van der Waals surface area contributed by atoms with Crippen molar-refractivity contribution in [2.24, 2.45) is 17.3 Å². The molecule has 2 saturated carbocycles. The number of Topliss-reactive ketones (excluding diaryl/α,β-unsaturated/α-hetero) is 2. The second-order valence-electron chi connectivity index (χ2n) is 14.2. The average molecular weight is 652 g/mol. The third kappa shape index (κ3) is 5.64. The third-order valence-corrected chi connectivity index (χ3v) is 12.3. The molecular formula is C40H45NO5S. The van der Waals surface area contributed by atoms with Crippen molar-refractivity contribution in [3.8, 4) is 0 Å². The first-order valence-corrected chi connectivity index (χ1v) is 17.7. The number of rotatable bonds is 8. The van der Waals surface area contributed by atoms with Crippen LogP contribution in [0.4, 0.5) is 5.69 Å². The smallest absolute Gasteiger partial charge is 0.303 e. The molecule has 0 spiro atoms. The number of esters is 1. The molecule has 4 aliphatic carbocycles. The number of ether oxygens (including phenoxy) is 1. The van der Waals surface area contributed by atoms with Crippen LogP contribution in [0.3, 0.4) is 0 Å². The number of fused-ring (bicyclic) bond motifs is 4. The van der Waals surface area contributed by atoms with E-state index in [4.69, 9.17) is 4.74 Å². The number of thioether (sulfide) groups is 1. The van der Waals surface area contributed by atoms with Gasteiger partial charge in [-0.1, -0.05) is 73.3 Å². The lowest BCUT2D eigenvalue weighted by molar-refractivity contribution is -0.182. The number of nitrogens with zero attached hydrogens (tertiary/aromatic N) is 1. The summed E-state index contributed by atoms with van der Waals surface area (Å²) in [6.45, 7) is 9.39. The molecule has 5 atom stereocenters. The zero-order valence-corrected chi connectivity index (χ0v) is 29.0. The van der Waals surface area contributed by atoms with Crippen molar-refractivity contribution in [2.45, 2.75) is 77.2 Å². The van der Waals surface area contributed by atoms with Crippen molar-refractivity contribution in [1.29, 1.82) is 0 Å². The Labute approximate surface area is 282 Å². The number of hydrogen-bond acceptors (Lipinski definition) is 7. The Bertz CT molecular complexity index is 1700. The Morgan fingerprint density at radius 1 is 0.936 bits per heavy atom. The lowest BCUT2D eigenvalue weighted by Crippen LogP contribution is -2.58. The van der Waals surface area contributed by atoms with E-state index < -0.39 is 17.0 Å². The molecule has 0 bridgehead atoms. The predicted octanol–water partition coefficient (Wildman–Crippen LogP) is 8.04. The van der Waals surface area contributed by atoms with Crippen molar-refractivity contribution >= 4 is 40.1 Å². The molecule has 0 amide bonds. The first-order valence-electron chi connectivity index (χ1n) is 16.8. The highest BCUT2D eigenvalue weighted by atomic mass is 32.2. The maximum absolute atomic E-state index is 14.2. The van der Waals surface area contributed by atoms with Gasteiger partial charge in [-0.25, -0.2) is 0 Å².